The Bertz CT molecular complexity index is 855. The fourth-order valence-corrected chi connectivity index (χ4v) is 2.83. The highest BCUT2D eigenvalue weighted by molar-refractivity contribution is 5.66. The molecule has 1 aliphatic rings. The summed E-state index contributed by atoms with van der Waals surface area (Å²) in [5.74, 6) is 1.90. The van der Waals surface area contributed by atoms with E-state index in [9.17, 15) is 5.11 Å². The third-order valence-corrected chi connectivity index (χ3v) is 3.89. The van der Waals surface area contributed by atoms with Gasteiger partial charge in [0.2, 0.25) is 6.79 Å². The van der Waals surface area contributed by atoms with Crippen molar-refractivity contribution in [1.29, 1.82) is 0 Å². The van der Waals surface area contributed by atoms with Gasteiger partial charge in [0.1, 0.15) is 6.54 Å². The molecule has 0 bridgehead atoms. The van der Waals surface area contributed by atoms with Crippen molar-refractivity contribution in [2.24, 2.45) is 0 Å². The van der Waals surface area contributed by atoms with E-state index in [1.807, 2.05) is 60.0 Å². The van der Waals surface area contributed by atoms with Gasteiger partial charge in [0.15, 0.2) is 11.5 Å². The molecule has 0 saturated heterocycles. The van der Waals surface area contributed by atoms with Gasteiger partial charge >= 0.3 is 11.8 Å². The van der Waals surface area contributed by atoms with Gasteiger partial charge in [-0.25, -0.2) is 0 Å². The number of nitrogens with zero attached hydrogens (tertiary/aromatic N) is 1. The molecule has 5 heteroatoms. The molecule has 0 spiro atoms. The van der Waals surface area contributed by atoms with Crippen LogP contribution in [0.15, 0.2) is 52.9 Å². The maximum absolute atomic E-state index is 10.3. The van der Waals surface area contributed by atoms with E-state index in [4.69, 9.17) is 13.9 Å². The second-order valence-electron chi connectivity index (χ2n) is 5.24. The Morgan fingerprint density at radius 2 is 1.78 bits per heavy atom. The highest BCUT2D eigenvalue weighted by atomic mass is 16.7. The number of oxazole rings is 1. The zero-order chi connectivity index (χ0) is 15.8. The smallest absolute Gasteiger partial charge is 0.384 e. The Hall–Kier alpha value is -2.95. The van der Waals surface area contributed by atoms with Crippen LogP contribution < -0.4 is 14.0 Å². The number of benzene rings is 2. The van der Waals surface area contributed by atoms with E-state index < -0.39 is 0 Å². The van der Waals surface area contributed by atoms with Gasteiger partial charge in [0.05, 0.1) is 11.1 Å². The first kappa shape index (κ1) is 13.7. The Morgan fingerprint density at radius 3 is 2.57 bits per heavy atom. The molecule has 5 nitrogen and oxygen atoms in total. The van der Waals surface area contributed by atoms with Crippen LogP contribution in [0.1, 0.15) is 6.92 Å². The first-order valence-electron chi connectivity index (χ1n) is 7.49. The maximum Gasteiger partial charge on any atom is 0.384 e. The van der Waals surface area contributed by atoms with Gasteiger partial charge in [-0.2, -0.15) is 4.57 Å². The monoisotopic (exact) mass is 310 g/mol. The van der Waals surface area contributed by atoms with Crippen LogP contribution in [0.5, 0.6) is 17.4 Å². The van der Waals surface area contributed by atoms with Crippen molar-refractivity contribution in [3.63, 3.8) is 0 Å². The molecular weight excluding hydrogens is 294 g/mol. The van der Waals surface area contributed by atoms with Crippen LogP contribution in [0, 0.1) is 0 Å². The van der Waals surface area contributed by atoms with Crippen LogP contribution in [-0.4, -0.2) is 11.9 Å². The topological polar surface area (TPSA) is 55.7 Å². The summed E-state index contributed by atoms with van der Waals surface area (Å²) in [5, 5.41) is 10.3. The maximum atomic E-state index is 10.3. The highest BCUT2D eigenvalue weighted by Crippen LogP contribution is 2.38. The second kappa shape index (κ2) is 5.35. The number of hydrogen-bond acceptors (Lipinski definition) is 4. The third-order valence-electron chi connectivity index (χ3n) is 3.89. The van der Waals surface area contributed by atoms with E-state index in [1.54, 1.807) is 0 Å². The van der Waals surface area contributed by atoms with Crippen molar-refractivity contribution in [3.05, 3.63) is 48.5 Å². The average molecular weight is 310 g/mol. The van der Waals surface area contributed by atoms with Gasteiger partial charge in [-0.05, 0) is 37.3 Å². The van der Waals surface area contributed by atoms with E-state index in [-0.39, 0.29) is 12.7 Å². The molecule has 1 aliphatic heterocycles. The Balaban J connectivity index is 1.88. The van der Waals surface area contributed by atoms with Crippen molar-refractivity contribution in [2.75, 3.05) is 6.79 Å². The van der Waals surface area contributed by atoms with Crippen LogP contribution in [0.25, 0.3) is 22.7 Å². The zero-order valence-corrected chi connectivity index (χ0v) is 12.7. The summed E-state index contributed by atoms with van der Waals surface area (Å²) in [4.78, 5) is 0. The van der Waals surface area contributed by atoms with Crippen LogP contribution in [0.3, 0.4) is 0 Å². The Kier molecular flexibility index (Phi) is 3.19. The molecule has 0 saturated carbocycles. The minimum Gasteiger partial charge on any atom is -0.476 e. The number of fused-ring (bicyclic) bond motifs is 1. The third kappa shape index (κ3) is 2.21. The minimum atomic E-state index is -0.107. The molecule has 3 aromatic rings. The molecule has 1 aromatic heterocycles. The molecule has 0 aliphatic carbocycles. The molecule has 0 atom stereocenters. The first-order valence-corrected chi connectivity index (χ1v) is 7.49. The summed E-state index contributed by atoms with van der Waals surface area (Å²) in [6.45, 7) is 2.90. The van der Waals surface area contributed by atoms with Crippen LogP contribution in [-0.2, 0) is 6.54 Å². The average Bonchev–Trinajstić information content (AvgIpc) is 3.18. The lowest BCUT2D eigenvalue weighted by Gasteiger charge is -2.00. The number of hydrogen-bond donors (Lipinski definition) is 1. The van der Waals surface area contributed by atoms with Gasteiger partial charge in [0.25, 0.3) is 5.69 Å². The molecule has 4 rings (SSSR count). The Morgan fingerprint density at radius 1 is 1.00 bits per heavy atom. The number of ether oxygens (including phenoxy) is 2. The summed E-state index contributed by atoms with van der Waals surface area (Å²) < 4.78 is 18.3. The second-order valence-corrected chi connectivity index (χ2v) is 5.24. The normalized spacial score (nSPS) is 12.6. The molecular formula is C18H16NO4+. The van der Waals surface area contributed by atoms with E-state index >= 15 is 0 Å². The lowest BCUT2D eigenvalue weighted by Crippen LogP contribution is -2.34. The molecule has 0 fully saturated rings. The van der Waals surface area contributed by atoms with Gasteiger partial charge < -0.3 is 19.0 Å². The van der Waals surface area contributed by atoms with Gasteiger partial charge in [0, 0.05) is 0 Å². The van der Waals surface area contributed by atoms with E-state index in [0.29, 0.717) is 29.6 Å². The number of aromatic hydroxyl groups is 1. The van der Waals surface area contributed by atoms with Gasteiger partial charge in [-0.1, -0.05) is 18.2 Å². The molecule has 0 amide bonds. The van der Waals surface area contributed by atoms with Crippen molar-refractivity contribution in [3.8, 4) is 40.2 Å². The minimum absolute atomic E-state index is 0.107. The SMILES string of the molecule is CC[n+]1c(-c2ccccc2)oc(O)c1-c1ccc2c(c1)OCO2. The van der Waals surface area contributed by atoms with Gasteiger partial charge in [-0.15, -0.1) is 0 Å². The predicted molar refractivity (Wildman–Crippen MR) is 83.2 cm³/mol. The van der Waals surface area contributed by atoms with Gasteiger partial charge in [-0.3, -0.25) is 0 Å². The van der Waals surface area contributed by atoms with Crippen LogP contribution >= 0.6 is 0 Å². The van der Waals surface area contributed by atoms with E-state index in [0.717, 1.165) is 11.1 Å². The van der Waals surface area contributed by atoms with Crippen molar-refractivity contribution in [1.82, 2.24) is 0 Å². The van der Waals surface area contributed by atoms with Crippen molar-refractivity contribution >= 4 is 0 Å². The zero-order valence-electron chi connectivity index (χ0n) is 12.7. The summed E-state index contributed by atoms with van der Waals surface area (Å²) in [6, 6.07) is 15.3. The van der Waals surface area contributed by atoms with E-state index in [2.05, 4.69) is 0 Å². The fraction of sp³-hybridized carbons (Fsp3) is 0.167. The first-order chi connectivity index (χ1) is 11.3. The molecule has 1 N–H and O–H groups in total. The number of aromatic nitrogens is 1. The lowest BCUT2D eigenvalue weighted by molar-refractivity contribution is -0.674. The van der Waals surface area contributed by atoms with E-state index in [1.165, 1.54) is 0 Å². The quantitative estimate of drug-likeness (QED) is 0.754. The summed E-state index contributed by atoms with van der Waals surface area (Å²) in [6.07, 6.45) is 0. The predicted octanol–water partition coefficient (Wildman–Crippen LogP) is 3.36. The summed E-state index contributed by atoms with van der Waals surface area (Å²) in [7, 11) is 0. The molecule has 23 heavy (non-hydrogen) atoms. The number of rotatable bonds is 3. The molecule has 116 valence electrons. The largest absolute Gasteiger partial charge is 0.476 e. The lowest BCUT2D eigenvalue weighted by atomic mass is 10.1. The molecule has 2 aromatic carbocycles. The Labute approximate surface area is 133 Å². The molecule has 2 heterocycles. The van der Waals surface area contributed by atoms with Crippen molar-refractivity contribution < 1.29 is 23.6 Å². The van der Waals surface area contributed by atoms with Crippen molar-refractivity contribution in [2.45, 2.75) is 13.5 Å². The summed E-state index contributed by atoms with van der Waals surface area (Å²) in [5.41, 5.74) is 2.36. The summed E-state index contributed by atoms with van der Waals surface area (Å²) >= 11 is 0. The fourth-order valence-electron chi connectivity index (χ4n) is 2.83. The van der Waals surface area contributed by atoms with Crippen LogP contribution in [0.4, 0.5) is 0 Å². The standard InChI is InChI=1S/C18H15NO4/c1-2-19-16(13-8-9-14-15(10-13)22-11-21-14)18(20)23-17(19)12-6-4-3-5-7-12/h3-10H,2,11H2,1H3/p+1. The highest BCUT2D eigenvalue weighted by Gasteiger charge is 2.31. The molecule has 0 radical (unpaired) electrons. The van der Waals surface area contributed by atoms with Crippen LogP contribution in [0.2, 0.25) is 0 Å². The molecule has 0 unspecified atom stereocenters.